The molecule has 6 heteroatoms. The summed E-state index contributed by atoms with van der Waals surface area (Å²) in [5.74, 6) is 0.704. The van der Waals surface area contributed by atoms with Crippen molar-refractivity contribution in [2.24, 2.45) is 7.05 Å². The van der Waals surface area contributed by atoms with E-state index in [-0.39, 0.29) is 0 Å². The van der Waals surface area contributed by atoms with Crippen LogP contribution >= 0.6 is 0 Å². The van der Waals surface area contributed by atoms with Gasteiger partial charge in [-0.25, -0.2) is 4.98 Å². The van der Waals surface area contributed by atoms with Gasteiger partial charge in [0.1, 0.15) is 12.4 Å². The summed E-state index contributed by atoms with van der Waals surface area (Å²) < 4.78 is 1.64. The molecule has 0 atom stereocenters. The average molecular weight is 228 g/mol. The van der Waals surface area contributed by atoms with Gasteiger partial charge in [0.15, 0.2) is 5.82 Å². The number of nitrogens with zero attached hydrogens (tertiary/aromatic N) is 4. The molecule has 1 aromatic heterocycles. The first-order valence-electron chi connectivity index (χ1n) is 5.07. The van der Waals surface area contributed by atoms with Gasteiger partial charge >= 0.3 is 0 Å². The van der Waals surface area contributed by atoms with E-state index < -0.39 is 0 Å². The minimum Gasteiger partial charge on any atom is -0.398 e. The number of aromatic nitrogens is 3. The fraction of sp³-hybridized carbons (Fsp3) is 0.182. The first kappa shape index (κ1) is 11.0. The molecule has 0 aliphatic rings. The van der Waals surface area contributed by atoms with Crippen molar-refractivity contribution in [2.75, 3.05) is 11.1 Å². The van der Waals surface area contributed by atoms with Gasteiger partial charge in [0.05, 0.1) is 17.8 Å². The number of nitrogens with two attached hydrogens (primary N) is 1. The molecule has 0 saturated heterocycles. The molecule has 0 aliphatic heterocycles. The van der Waals surface area contributed by atoms with E-state index in [1.165, 1.54) is 0 Å². The summed E-state index contributed by atoms with van der Waals surface area (Å²) in [6.07, 6.45) is 1.64. The summed E-state index contributed by atoms with van der Waals surface area (Å²) in [5, 5.41) is 16.0. The van der Waals surface area contributed by atoms with Crippen LogP contribution in [0.2, 0.25) is 0 Å². The van der Waals surface area contributed by atoms with Crippen LogP contribution in [0.1, 0.15) is 11.4 Å². The van der Waals surface area contributed by atoms with Crippen LogP contribution in [0.5, 0.6) is 0 Å². The Morgan fingerprint density at radius 1 is 1.53 bits per heavy atom. The van der Waals surface area contributed by atoms with Gasteiger partial charge in [-0.2, -0.15) is 10.4 Å². The molecule has 0 radical (unpaired) electrons. The van der Waals surface area contributed by atoms with Crippen molar-refractivity contribution >= 4 is 11.4 Å². The van der Waals surface area contributed by atoms with E-state index in [9.17, 15) is 0 Å². The maximum absolute atomic E-state index is 8.75. The van der Waals surface area contributed by atoms with Crippen molar-refractivity contribution < 1.29 is 0 Å². The lowest BCUT2D eigenvalue weighted by Crippen LogP contribution is -2.03. The number of hydrogen-bond donors (Lipinski definition) is 2. The summed E-state index contributed by atoms with van der Waals surface area (Å²) in [6, 6.07) is 7.23. The lowest BCUT2D eigenvalue weighted by molar-refractivity contribution is 0.747. The number of rotatable bonds is 3. The number of anilines is 2. The smallest absolute Gasteiger partial charge is 0.169 e. The molecule has 1 heterocycles. The second-order valence-electron chi connectivity index (χ2n) is 3.60. The van der Waals surface area contributed by atoms with Crippen LogP contribution in [0.4, 0.5) is 11.4 Å². The monoisotopic (exact) mass is 228 g/mol. The SMILES string of the molecule is Cn1cnc(CNc2ccc(C#N)c(N)c2)n1. The quantitative estimate of drug-likeness (QED) is 0.761. The first-order chi connectivity index (χ1) is 8.19. The highest BCUT2D eigenvalue weighted by atomic mass is 15.3. The highest BCUT2D eigenvalue weighted by Gasteiger charge is 2.01. The van der Waals surface area contributed by atoms with Crippen molar-refractivity contribution in [3.8, 4) is 6.07 Å². The van der Waals surface area contributed by atoms with Gasteiger partial charge in [0.25, 0.3) is 0 Å². The van der Waals surface area contributed by atoms with Crippen LogP contribution in [0.15, 0.2) is 24.5 Å². The minimum absolute atomic E-state index is 0.464. The second-order valence-corrected chi connectivity index (χ2v) is 3.60. The molecule has 86 valence electrons. The van der Waals surface area contributed by atoms with Gasteiger partial charge in [-0.1, -0.05) is 0 Å². The van der Waals surface area contributed by atoms with Gasteiger partial charge in [-0.05, 0) is 18.2 Å². The molecule has 1 aromatic carbocycles. The molecule has 0 spiro atoms. The standard InChI is InChI=1S/C11H12N6/c1-17-7-15-11(16-17)6-14-9-3-2-8(5-12)10(13)4-9/h2-4,7,14H,6,13H2,1H3. The molecule has 0 amide bonds. The van der Waals surface area contributed by atoms with Crippen LogP contribution in [-0.2, 0) is 13.6 Å². The third-order valence-corrected chi connectivity index (χ3v) is 2.27. The molecular formula is C11H12N6. The van der Waals surface area contributed by atoms with Crippen LogP contribution in [0.25, 0.3) is 0 Å². The number of nitrogens with one attached hydrogen (secondary N) is 1. The normalized spacial score (nSPS) is 9.88. The molecule has 0 aliphatic carbocycles. The Hall–Kier alpha value is -2.55. The van der Waals surface area contributed by atoms with Gasteiger partial charge in [-0.15, -0.1) is 0 Å². The largest absolute Gasteiger partial charge is 0.398 e. The molecule has 0 saturated carbocycles. The summed E-state index contributed by atoms with van der Waals surface area (Å²) in [5.41, 5.74) is 7.49. The van der Waals surface area contributed by atoms with Crippen molar-refractivity contribution in [2.45, 2.75) is 6.54 Å². The predicted molar refractivity (Wildman–Crippen MR) is 63.9 cm³/mol. The van der Waals surface area contributed by atoms with Crippen LogP contribution in [0.3, 0.4) is 0 Å². The first-order valence-corrected chi connectivity index (χ1v) is 5.07. The fourth-order valence-electron chi connectivity index (χ4n) is 1.42. The van der Waals surface area contributed by atoms with E-state index in [0.29, 0.717) is 23.6 Å². The third kappa shape index (κ3) is 2.52. The molecule has 2 rings (SSSR count). The Kier molecular flexibility index (Phi) is 2.92. The fourth-order valence-corrected chi connectivity index (χ4v) is 1.42. The number of nitrogen functional groups attached to an aromatic ring is 1. The van der Waals surface area contributed by atoms with E-state index in [4.69, 9.17) is 11.0 Å². The Morgan fingerprint density at radius 3 is 2.94 bits per heavy atom. The Labute approximate surface area is 98.7 Å². The highest BCUT2D eigenvalue weighted by molar-refractivity contribution is 5.62. The maximum Gasteiger partial charge on any atom is 0.169 e. The molecule has 0 bridgehead atoms. The van der Waals surface area contributed by atoms with Crippen molar-refractivity contribution in [3.05, 3.63) is 35.9 Å². The molecular weight excluding hydrogens is 216 g/mol. The van der Waals surface area contributed by atoms with Gasteiger partial charge in [0.2, 0.25) is 0 Å². The summed E-state index contributed by atoms with van der Waals surface area (Å²) in [7, 11) is 1.82. The molecule has 2 aromatic rings. The second kappa shape index (κ2) is 4.53. The number of hydrogen-bond acceptors (Lipinski definition) is 5. The Balaban J connectivity index is 2.05. The number of benzene rings is 1. The van der Waals surface area contributed by atoms with Crippen molar-refractivity contribution in [1.29, 1.82) is 5.26 Å². The van der Waals surface area contributed by atoms with Crippen molar-refractivity contribution in [1.82, 2.24) is 14.8 Å². The van der Waals surface area contributed by atoms with Gasteiger partial charge < -0.3 is 11.1 Å². The zero-order chi connectivity index (χ0) is 12.3. The van der Waals surface area contributed by atoms with Crippen LogP contribution in [-0.4, -0.2) is 14.8 Å². The Bertz CT molecular complexity index is 566. The van der Waals surface area contributed by atoms with Gasteiger partial charge in [0, 0.05) is 12.7 Å². The summed E-state index contributed by atoms with van der Waals surface area (Å²) in [6.45, 7) is 0.520. The van der Waals surface area contributed by atoms with E-state index in [0.717, 1.165) is 5.69 Å². The average Bonchev–Trinajstić information content (AvgIpc) is 2.73. The summed E-state index contributed by atoms with van der Waals surface area (Å²) >= 11 is 0. The molecule has 17 heavy (non-hydrogen) atoms. The molecule has 0 fully saturated rings. The molecule has 0 unspecified atom stereocenters. The highest BCUT2D eigenvalue weighted by Crippen LogP contribution is 2.17. The topological polar surface area (TPSA) is 92.5 Å². The third-order valence-electron chi connectivity index (χ3n) is 2.27. The lowest BCUT2D eigenvalue weighted by Gasteiger charge is -2.05. The summed E-state index contributed by atoms with van der Waals surface area (Å²) in [4.78, 5) is 4.09. The minimum atomic E-state index is 0.464. The number of aryl methyl sites for hydroxylation is 1. The maximum atomic E-state index is 8.75. The van der Waals surface area contributed by atoms with E-state index in [2.05, 4.69) is 15.4 Å². The van der Waals surface area contributed by atoms with E-state index >= 15 is 0 Å². The molecule has 3 N–H and O–H groups in total. The molecule has 6 nitrogen and oxygen atoms in total. The Morgan fingerprint density at radius 2 is 2.35 bits per heavy atom. The zero-order valence-corrected chi connectivity index (χ0v) is 9.38. The number of nitriles is 1. The van der Waals surface area contributed by atoms with E-state index in [1.54, 1.807) is 29.2 Å². The van der Waals surface area contributed by atoms with Crippen LogP contribution in [0, 0.1) is 11.3 Å². The lowest BCUT2D eigenvalue weighted by atomic mass is 10.2. The van der Waals surface area contributed by atoms with Gasteiger partial charge in [-0.3, -0.25) is 4.68 Å². The van der Waals surface area contributed by atoms with Crippen molar-refractivity contribution in [3.63, 3.8) is 0 Å². The van der Waals surface area contributed by atoms with E-state index in [1.807, 2.05) is 13.1 Å². The van der Waals surface area contributed by atoms with Crippen LogP contribution < -0.4 is 11.1 Å². The zero-order valence-electron chi connectivity index (χ0n) is 9.38. The predicted octanol–water partition coefficient (Wildman–Crippen LogP) is 0.881.